The molecular weight excluding hydrogens is 360 g/mol. The lowest BCUT2D eigenvalue weighted by Crippen LogP contribution is -2.55. The minimum Gasteiger partial charge on any atom is -0.495 e. The predicted molar refractivity (Wildman–Crippen MR) is 122 cm³/mol. The number of benzene rings is 1. The summed E-state index contributed by atoms with van der Waals surface area (Å²) in [5.41, 5.74) is 3.55. The average Bonchev–Trinajstić information content (AvgIpc) is 3.18. The molecule has 1 N–H and O–H groups in total. The van der Waals surface area contributed by atoms with E-state index in [1.165, 1.54) is 19.3 Å². The second-order valence-electron chi connectivity index (χ2n) is 9.55. The molecular formula is C25H40N2O2. The number of hydrogen-bond donors (Lipinski definition) is 1. The molecule has 162 valence electrons. The molecule has 1 amide bonds. The Kier molecular flexibility index (Phi) is 6.03. The molecule has 2 aliphatic carbocycles. The monoisotopic (exact) mass is 400 g/mol. The van der Waals surface area contributed by atoms with Crippen molar-refractivity contribution in [3.05, 3.63) is 35.5 Å². The van der Waals surface area contributed by atoms with Crippen LogP contribution in [-0.2, 0) is 4.79 Å². The highest BCUT2D eigenvalue weighted by molar-refractivity contribution is 5.90. The van der Waals surface area contributed by atoms with Crippen molar-refractivity contribution >= 4 is 11.6 Å². The molecule has 1 aliphatic heterocycles. The molecule has 0 radical (unpaired) electrons. The number of carbonyl (C=O) groups is 1. The molecule has 1 heterocycles. The predicted octanol–water partition coefficient (Wildman–Crippen LogP) is 6.02. The van der Waals surface area contributed by atoms with Crippen molar-refractivity contribution < 1.29 is 11.0 Å². The van der Waals surface area contributed by atoms with E-state index in [1.54, 1.807) is 13.2 Å². The lowest BCUT2D eigenvalue weighted by Gasteiger charge is -2.49. The van der Waals surface area contributed by atoms with Crippen molar-refractivity contribution in [3.8, 4) is 5.75 Å². The first-order chi connectivity index (χ1) is 13.8. The van der Waals surface area contributed by atoms with Crippen LogP contribution in [0.2, 0.25) is 0 Å². The number of fused-ring (bicyclic) bond motifs is 2. The fourth-order valence-corrected chi connectivity index (χ4v) is 6.20. The summed E-state index contributed by atoms with van der Waals surface area (Å²) in [6.45, 7) is 14.0. The quantitative estimate of drug-likeness (QED) is 0.672. The first kappa shape index (κ1) is 21.7. The van der Waals surface area contributed by atoms with Gasteiger partial charge in [0, 0.05) is 32.2 Å². The molecule has 0 spiro atoms. The molecule has 0 saturated heterocycles. The van der Waals surface area contributed by atoms with Gasteiger partial charge in [-0.15, -0.1) is 0 Å². The zero-order valence-corrected chi connectivity index (χ0v) is 19.3. The summed E-state index contributed by atoms with van der Waals surface area (Å²) in [4.78, 5) is 15.3. The first-order valence-corrected chi connectivity index (χ1v) is 11.2. The molecule has 3 atom stereocenters. The van der Waals surface area contributed by atoms with Crippen LogP contribution < -0.4 is 10.1 Å². The third-order valence-electron chi connectivity index (χ3n) is 7.45. The number of methoxy groups -OCH3 is 1. The molecule has 2 saturated carbocycles. The van der Waals surface area contributed by atoms with Crippen LogP contribution in [0.5, 0.6) is 5.75 Å². The standard InChI is InChI=1S/C23H32N2O2.C2H6.H2/c1-15-7-6-8-18(27-5)20(15)24-17-10-12-25(19(26)13-17)21-22(2,3)16-9-11-23(21,4)14-16;1-2;/h6-8,13,16,21,24H,9-12,14H2,1-5H3;1-2H3;1H/t16-,21?,23?;;/m1../s1. The molecule has 4 heteroatoms. The van der Waals surface area contributed by atoms with E-state index in [9.17, 15) is 4.79 Å². The molecule has 4 nitrogen and oxygen atoms in total. The van der Waals surface area contributed by atoms with Gasteiger partial charge in [0.05, 0.1) is 12.8 Å². The number of nitrogens with one attached hydrogen (secondary N) is 1. The number of anilines is 1. The van der Waals surface area contributed by atoms with E-state index in [0.29, 0.717) is 6.04 Å². The molecule has 0 aromatic heterocycles. The Labute approximate surface area is 178 Å². The van der Waals surface area contributed by atoms with Gasteiger partial charge in [-0.1, -0.05) is 46.8 Å². The molecule has 3 aliphatic rings. The fraction of sp³-hybridized carbons (Fsp3) is 0.640. The number of hydrogen-bond acceptors (Lipinski definition) is 3. The highest BCUT2D eigenvalue weighted by Gasteiger charge is 2.61. The summed E-state index contributed by atoms with van der Waals surface area (Å²) in [7, 11) is 1.68. The van der Waals surface area contributed by atoms with Crippen molar-refractivity contribution in [2.24, 2.45) is 16.7 Å². The van der Waals surface area contributed by atoms with Gasteiger partial charge in [-0.3, -0.25) is 4.79 Å². The largest absolute Gasteiger partial charge is 0.495 e. The number of nitrogens with zero attached hydrogens (tertiary/aromatic N) is 1. The van der Waals surface area contributed by atoms with Crippen LogP contribution >= 0.6 is 0 Å². The van der Waals surface area contributed by atoms with Crippen LogP contribution in [0.4, 0.5) is 5.69 Å². The lowest BCUT2D eigenvalue weighted by atomic mass is 9.67. The number of aryl methyl sites for hydroxylation is 1. The van der Waals surface area contributed by atoms with Crippen LogP contribution in [0.25, 0.3) is 0 Å². The summed E-state index contributed by atoms with van der Waals surface area (Å²) in [5, 5.41) is 3.46. The first-order valence-electron chi connectivity index (χ1n) is 11.2. The van der Waals surface area contributed by atoms with Gasteiger partial charge in [0.1, 0.15) is 5.75 Å². The van der Waals surface area contributed by atoms with Gasteiger partial charge in [-0.2, -0.15) is 0 Å². The van der Waals surface area contributed by atoms with Crippen LogP contribution in [0, 0.1) is 23.7 Å². The lowest BCUT2D eigenvalue weighted by molar-refractivity contribution is -0.135. The topological polar surface area (TPSA) is 41.6 Å². The third-order valence-corrected chi connectivity index (χ3v) is 7.45. The van der Waals surface area contributed by atoms with Crippen molar-refractivity contribution in [2.45, 2.75) is 73.3 Å². The SMILES string of the molecule is CC.COc1cccc(C)c1NC1=CC(=O)N(C2C3(C)CC[C@H](C3)C2(C)C)CC1.[HH]. The Hall–Kier alpha value is -1.97. The minimum atomic E-state index is 0. The summed E-state index contributed by atoms with van der Waals surface area (Å²) >= 11 is 0. The van der Waals surface area contributed by atoms with Crippen molar-refractivity contribution in [1.82, 2.24) is 4.90 Å². The number of para-hydroxylation sites is 1. The van der Waals surface area contributed by atoms with E-state index >= 15 is 0 Å². The van der Waals surface area contributed by atoms with E-state index in [4.69, 9.17) is 4.74 Å². The van der Waals surface area contributed by atoms with E-state index in [2.05, 4.69) is 44.0 Å². The maximum atomic E-state index is 13.1. The second-order valence-corrected chi connectivity index (χ2v) is 9.55. The molecule has 2 fully saturated rings. The van der Waals surface area contributed by atoms with Crippen LogP contribution in [-0.4, -0.2) is 30.5 Å². The number of amides is 1. The van der Waals surface area contributed by atoms with Crippen LogP contribution in [0.1, 0.15) is 67.3 Å². The van der Waals surface area contributed by atoms with Gasteiger partial charge in [-0.05, 0) is 54.6 Å². The highest BCUT2D eigenvalue weighted by atomic mass is 16.5. The van der Waals surface area contributed by atoms with Gasteiger partial charge in [0.25, 0.3) is 0 Å². The molecule has 4 rings (SSSR count). The Morgan fingerprint density at radius 1 is 1.24 bits per heavy atom. The van der Waals surface area contributed by atoms with E-state index < -0.39 is 0 Å². The van der Waals surface area contributed by atoms with E-state index in [-0.39, 0.29) is 18.2 Å². The van der Waals surface area contributed by atoms with E-state index in [0.717, 1.165) is 41.6 Å². The van der Waals surface area contributed by atoms with Gasteiger partial charge in [-0.25, -0.2) is 0 Å². The van der Waals surface area contributed by atoms with Crippen LogP contribution in [0.15, 0.2) is 30.0 Å². The summed E-state index contributed by atoms with van der Waals surface area (Å²) in [5.74, 6) is 1.72. The van der Waals surface area contributed by atoms with Crippen molar-refractivity contribution in [1.29, 1.82) is 0 Å². The summed E-state index contributed by atoms with van der Waals surface area (Å²) < 4.78 is 5.49. The number of carbonyl (C=O) groups excluding carboxylic acids is 1. The summed E-state index contributed by atoms with van der Waals surface area (Å²) in [6.07, 6.45) is 6.50. The van der Waals surface area contributed by atoms with E-state index in [1.807, 2.05) is 26.0 Å². The smallest absolute Gasteiger partial charge is 0.248 e. The van der Waals surface area contributed by atoms with Crippen molar-refractivity contribution in [2.75, 3.05) is 19.0 Å². The van der Waals surface area contributed by atoms with Crippen LogP contribution in [0.3, 0.4) is 0 Å². The van der Waals surface area contributed by atoms with Gasteiger partial charge in [0.2, 0.25) is 5.91 Å². The maximum Gasteiger partial charge on any atom is 0.248 e. The van der Waals surface area contributed by atoms with Gasteiger partial charge in [0.15, 0.2) is 0 Å². The average molecular weight is 401 g/mol. The molecule has 1 aromatic carbocycles. The summed E-state index contributed by atoms with van der Waals surface area (Å²) in [6, 6.07) is 6.34. The molecule has 2 unspecified atom stereocenters. The Morgan fingerprint density at radius 2 is 1.97 bits per heavy atom. The Balaban J connectivity index is 0.00000104. The zero-order chi connectivity index (χ0) is 21.4. The molecule has 2 bridgehead atoms. The second kappa shape index (κ2) is 8.04. The normalized spacial score (nSPS) is 29.8. The van der Waals surface area contributed by atoms with Crippen molar-refractivity contribution in [3.63, 3.8) is 0 Å². The fourth-order valence-electron chi connectivity index (χ4n) is 6.20. The van der Waals surface area contributed by atoms with Gasteiger partial charge < -0.3 is 15.0 Å². The highest BCUT2D eigenvalue weighted by Crippen LogP contribution is 2.64. The number of rotatable bonds is 4. The van der Waals surface area contributed by atoms with Gasteiger partial charge >= 0.3 is 0 Å². The molecule has 29 heavy (non-hydrogen) atoms. The Bertz CT molecular complexity index is 800. The zero-order valence-electron chi connectivity index (χ0n) is 19.3. The maximum absolute atomic E-state index is 13.1. The number of ether oxygens (including phenoxy) is 1. The minimum absolute atomic E-state index is 0. The molecule has 1 aromatic rings. The third kappa shape index (κ3) is 3.67. The Morgan fingerprint density at radius 3 is 2.55 bits per heavy atom.